The van der Waals surface area contributed by atoms with Gasteiger partial charge in [0.1, 0.15) is 11.6 Å². The summed E-state index contributed by atoms with van der Waals surface area (Å²) < 4.78 is 5.02. The normalized spacial score (nSPS) is 16.6. The summed E-state index contributed by atoms with van der Waals surface area (Å²) in [6, 6.07) is 8.48. The fourth-order valence-electron chi connectivity index (χ4n) is 3.45. The zero-order valence-corrected chi connectivity index (χ0v) is 18.2. The summed E-state index contributed by atoms with van der Waals surface area (Å²) >= 11 is 0. The topological polar surface area (TPSA) is 108 Å². The van der Waals surface area contributed by atoms with Crippen LogP contribution < -0.4 is 10.6 Å². The minimum Gasteiger partial charge on any atom is -0.454 e. The van der Waals surface area contributed by atoms with Gasteiger partial charge < -0.3 is 15.4 Å². The van der Waals surface area contributed by atoms with Crippen LogP contribution in [0.4, 0.5) is 0 Å². The summed E-state index contributed by atoms with van der Waals surface area (Å²) in [5.74, 6) is -1.61. The Morgan fingerprint density at radius 3 is 2.27 bits per heavy atom. The van der Waals surface area contributed by atoms with Crippen LogP contribution in [-0.2, 0) is 19.7 Å². The molecule has 1 fully saturated rings. The molecule has 1 aromatic rings. The van der Waals surface area contributed by atoms with Crippen molar-refractivity contribution in [1.82, 2.24) is 10.6 Å². The summed E-state index contributed by atoms with van der Waals surface area (Å²) in [6.45, 7) is 7.28. The quantitative estimate of drug-likeness (QED) is 0.697. The van der Waals surface area contributed by atoms with E-state index in [1.807, 2.05) is 12.1 Å². The lowest BCUT2D eigenvalue weighted by molar-refractivity contribution is -0.150. The number of ether oxygens (including phenoxy) is 1. The van der Waals surface area contributed by atoms with E-state index >= 15 is 0 Å². The summed E-state index contributed by atoms with van der Waals surface area (Å²) in [7, 11) is 0. The van der Waals surface area contributed by atoms with Crippen LogP contribution in [0, 0.1) is 11.3 Å². The standard InChI is InChI=1S/C23H31N3O4/c1-16(25-20(28)17-8-10-18(11-9-17)22(2,3)4)21(29)30-14-19(27)26-23(15-24)12-6-5-7-13-23/h8-11,16H,5-7,12-14H2,1-4H3,(H,25,28)(H,26,27)/t16-/m0/s1. The van der Waals surface area contributed by atoms with Gasteiger partial charge in [0, 0.05) is 5.56 Å². The lowest BCUT2D eigenvalue weighted by Gasteiger charge is -2.31. The Labute approximate surface area is 178 Å². The summed E-state index contributed by atoms with van der Waals surface area (Å²) in [5, 5.41) is 14.7. The Bertz CT molecular complexity index is 812. The molecule has 7 heteroatoms. The maximum atomic E-state index is 12.4. The molecule has 1 saturated carbocycles. The number of nitrogens with zero attached hydrogens (tertiary/aromatic N) is 1. The number of nitriles is 1. The predicted molar refractivity (Wildman–Crippen MR) is 113 cm³/mol. The second kappa shape index (κ2) is 9.75. The van der Waals surface area contributed by atoms with Gasteiger partial charge in [-0.2, -0.15) is 5.26 Å². The highest BCUT2D eigenvalue weighted by Crippen LogP contribution is 2.27. The van der Waals surface area contributed by atoms with Crippen molar-refractivity contribution in [3.8, 4) is 6.07 Å². The molecule has 0 unspecified atom stereocenters. The van der Waals surface area contributed by atoms with Gasteiger partial charge in [-0.15, -0.1) is 0 Å². The molecule has 0 spiro atoms. The van der Waals surface area contributed by atoms with Gasteiger partial charge in [0.2, 0.25) is 0 Å². The third-order valence-electron chi connectivity index (χ3n) is 5.36. The van der Waals surface area contributed by atoms with E-state index in [-0.39, 0.29) is 5.41 Å². The summed E-state index contributed by atoms with van der Waals surface area (Å²) in [4.78, 5) is 36.7. The second-order valence-electron chi connectivity index (χ2n) is 8.93. The lowest BCUT2D eigenvalue weighted by Crippen LogP contribution is -2.50. The van der Waals surface area contributed by atoms with Crippen molar-refractivity contribution in [2.75, 3.05) is 6.61 Å². The number of esters is 1. The van der Waals surface area contributed by atoms with Crippen molar-refractivity contribution >= 4 is 17.8 Å². The maximum absolute atomic E-state index is 12.4. The minimum absolute atomic E-state index is 0.0194. The number of carbonyl (C=O) groups is 3. The molecule has 162 valence electrons. The molecular weight excluding hydrogens is 382 g/mol. The molecule has 2 N–H and O–H groups in total. The molecular formula is C23H31N3O4. The molecule has 0 radical (unpaired) electrons. The maximum Gasteiger partial charge on any atom is 0.328 e. The minimum atomic E-state index is -0.910. The first-order valence-electron chi connectivity index (χ1n) is 10.4. The van der Waals surface area contributed by atoms with Gasteiger partial charge in [0.15, 0.2) is 6.61 Å². The van der Waals surface area contributed by atoms with E-state index in [9.17, 15) is 19.6 Å². The van der Waals surface area contributed by atoms with Crippen molar-refractivity contribution in [2.24, 2.45) is 0 Å². The molecule has 1 atom stereocenters. The van der Waals surface area contributed by atoms with Crippen LogP contribution in [0.3, 0.4) is 0 Å². The van der Waals surface area contributed by atoms with E-state index in [4.69, 9.17) is 4.74 Å². The molecule has 0 bridgehead atoms. The highest BCUT2D eigenvalue weighted by atomic mass is 16.5. The SMILES string of the molecule is C[C@H](NC(=O)c1ccc(C(C)(C)C)cc1)C(=O)OCC(=O)NC1(C#N)CCCCC1. The molecule has 0 aromatic heterocycles. The molecule has 2 rings (SSSR count). The highest BCUT2D eigenvalue weighted by molar-refractivity contribution is 5.96. The predicted octanol–water partition coefficient (Wildman–Crippen LogP) is 2.99. The summed E-state index contributed by atoms with van der Waals surface area (Å²) in [5.41, 5.74) is 0.647. The highest BCUT2D eigenvalue weighted by Gasteiger charge is 2.33. The molecule has 0 heterocycles. The summed E-state index contributed by atoms with van der Waals surface area (Å²) in [6.07, 6.45) is 4.01. The van der Waals surface area contributed by atoms with Crippen molar-refractivity contribution < 1.29 is 19.1 Å². The molecule has 0 aliphatic heterocycles. The molecule has 1 aliphatic rings. The van der Waals surface area contributed by atoms with E-state index in [1.54, 1.807) is 12.1 Å². The Kier molecular flexibility index (Phi) is 7.60. The number of carbonyl (C=O) groups excluding carboxylic acids is 3. The van der Waals surface area contributed by atoms with E-state index in [1.165, 1.54) is 6.92 Å². The van der Waals surface area contributed by atoms with Gasteiger partial charge >= 0.3 is 5.97 Å². The number of hydrogen-bond acceptors (Lipinski definition) is 5. The van der Waals surface area contributed by atoms with Crippen LogP contribution in [0.5, 0.6) is 0 Å². The van der Waals surface area contributed by atoms with Crippen LogP contribution in [0.1, 0.15) is 75.7 Å². The van der Waals surface area contributed by atoms with E-state index in [0.29, 0.717) is 18.4 Å². The van der Waals surface area contributed by atoms with Crippen LogP contribution in [0.15, 0.2) is 24.3 Å². The van der Waals surface area contributed by atoms with Gasteiger partial charge in [0.05, 0.1) is 6.07 Å². The number of benzene rings is 1. The van der Waals surface area contributed by atoms with Crippen LogP contribution >= 0.6 is 0 Å². The third kappa shape index (κ3) is 6.31. The number of amides is 2. The van der Waals surface area contributed by atoms with Crippen LogP contribution in [-0.4, -0.2) is 36.0 Å². The monoisotopic (exact) mass is 413 g/mol. The number of rotatable bonds is 6. The van der Waals surface area contributed by atoms with Crippen LogP contribution in [0.2, 0.25) is 0 Å². The number of nitrogens with one attached hydrogen (secondary N) is 2. The van der Waals surface area contributed by atoms with Crippen molar-refractivity contribution in [3.63, 3.8) is 0 Å². The van der Waals surface area contributed by atoms with E-state index < -0.39 is 36.0 Å². The smallest absolute Gasteiger partial charge is 0.328 e. The van der Waals surface area contributed by atoms with Gasteiger partial charge in [0.25, 0.3) is 11.8 Å². The third-order valence-corrected chi connectivity index (χ3v) is 5.36. The zero-order chi connectivity index (χ0) is 22.4. The first kappa shape index (κ1) is 23.4. The molecule has 0 saturated heterocycles. The van der Waals surface area contributed by atoms with Crippen molar-refractivity contribution in [2.45, 2.75) is 76.8 Å². The van der Waals surface area contributed by atoms with Crippen molar-refractivity contribution in [3.05, 3.63) is 35.4 Å². The van der Waals surface area contributed by atoms with Crippen molar-refractivity contribution in [1.29, 1.82) is 5.26 Å². The first-order valence-corrected chi connectivity index (χ1v) is 10.4. The Hall–Kier alpha value is -2.88. The van der Waals surface area contributed by atoms with E-state index in [2.05, 4.69) is 37.5 Å². The van der Waals surface area contributed by atoms with Gasteiger partial charge in [-0.3, -0.25) is 9.59 Å². The fourth-order valence-corrected chi connectivity index (χ4v) is 3.45. The average molecular weight is 414 g/mol. The molecule has 2 amide bonds. The van der Waals surface area contributed by atoms with E-state index in [0.717, 1.165) is 24.8 Å². The van der Waals surface area contributed by atoms with Gasteiger partial charge in [-0.25, -0.2) is 4.79 Å². The Balaban J connectivity index is 1.83. The zero-order valence-electron chi connectivity index (χ0n) is 18.2. The first-order chi connectivity index (χ1) is 14.1. The van der Waals surface area contributed by atoms with Gasteiger partial charge in [-0.1, -0.05) is 52.2 Å². The van der Waals surface area contributed by atoms with Crippen LogP contribution in [0.25, 0.3) is 0 Å². The fraction of sp³-hybridized carbons (Fsp3) is 0.565. The Morgan fingerprint density at radius 2 is 1.73 bits per heavy atom. The average Bonchev–Trinajstić information content (AvgIpc) is 2.72. The molecule has 7 nitrogen and oxygen atoms in total. The molecule has 1 aliphatic carbocycles. The molecule has 1 aromatic carbocycles. The largest absolute Gasteiger partial charge is 0.454 e. The Morgan fingerprint density at radius 1 is 1.13 bits per heavy atom. The molecule has 30 heavy (non-hydrogen) atoms. The van der Waals surface area contributed by atoms with Gasteiger partial charge in [-0.05, 0) is 42.9 Å². The number of hydrogen-bond donors (Lipinski definition) is 2. The lowest BCUT2D eigenvalue weighted by atomic mass is 9.83. The second-order valence-corrected chi connectivity index (χ2v) is 8.93.